The molecule has 2 heterocycles. The van der Waals surface area contributed by atoms with E-state index in [1.165, 1.54) is 0 Å². The average molecular weight is 417 g/mol. The number of carbonyl (C=O) groups is 1. The van der Waals surface area contributed by atoms with E-state index in [4.69, 9.17) is 14.2 Å². The molecule has 0 aliphatic carbocycles. The molecule has 5 heteroatoms. The number of esters is 1. The first-order chi connectivity index (χ1) is 14.0. The van der Waals surface area contributed by atoms with Gasteiger partial charge in [0.05, 0.1) is 17.8 Å². The Bertz CT molecular complexity index is 870. The van der Waals surface area contributed by atoms with Crippen LogP contribution in [-0.4, -0.2) is 30.1 Å². The van der Waals surface area contributed by atoms with Crippen LogP contribution in [0.5, 0.6) is 0 Å². The van der Waals surface area contributed by atoms with Gasteiger partial charge >= 0.3 is 5.97 Å². The average Bonchev–Trinajstić information content (AvgIpc) is 2.94. The van der Waals surface area contributed by atoms with Gasteiger partial charge in [0.1, 0.15) is 11.9 Å². The van der Waals surface area contributed by atoms with Gasteiger partial charge in [-0.3, -0.25) is 0 Å². The van der Waals surface area contributed by atoms with Crippen LogP contribution in [0.15, 0.2) is 30.1 Å². The fourth-order valence-electron chi connectivity index (χ4n) is 4.24. The number of rotatable bonds is 0. The highest BCUT2D eigenvalue weighted by molar-refractivity contribution is 5.95. The zero-order chi connectivity index (χ0) is 22.2. The van der Waals surface area contributed by atoms with Crippen LogP contribution < -0.4 is 0 Å². The molecule has 2 aliphatic rings. The first-order valence-corrected chi connectivity index (χ1v) is 10.7. The zero-order valence-electron chi connectivity index (χ0n) is 19.0. The SMILES string of the molecule is Cc1cc(C)c2c(c1)/C=C/C[C@@H]1OC(C)(C)OC1C(C)/C(F)=C\[C@@H](C)[C@H](C)OC2=O. The van der Waals surface area contributed by atoms with E-state index >= 15 is 4.39 Å². The standard InChI is InChI=1S/C25H33FO4/c1-14-11-16(3)22-19(12-14)9-8-10-21-23(30-25(6,7)29-21)17(4)20(26)13-15(2)18(5)28-24(22)27/h8-9,11-13,15,17-18,21,23H,10H2,1-7H3/b9-8+,20-13+/t15-,17?,18+,21+,23?/m1/s1. The lowest BCUT2D eigenvalue weighted by Crippen LogP contribution is -2.30. The molecule has 3 rings (SSSR count). The molecule has 0 spiro atoms. The topological polar surface area (TPSA) is 44.8 Å². The molecule has 2 aliphatic heterocycles. The summed E-state index contributed by atoms with van der Waals surface area (Å²) >= 11 is 0. The molecule has 0 radical (unpaired) electrons. The van der Waals surface area contributed by atoms with Crippen molar-refractivity contribution in [3.05, 3.63) is 52.4 Å². The number of ether oxygens (including phenoxy) is 3. The minimum absolute atomic E-state index is 0.269. The third kappa shape index (κ3) is 4.84. The van der Waals surface area contributed by atoms with Gasteiger partial charge in [0.15, 0.2) is 5.79 Å². The summed E-state index contributed by atoms with van der Waals surface area (Å²) in [5.41, 5.74) is 3.30. The summed E-state index contributed by atoms with van der Waals surface area (Å²) in [5.74, 6) is -2.16. The van der Waals surface area contributed by atoms with Crippen LogP contribution >= 0.6 is 0 Å². The Kier molecular flexibility index (Phi) is 6.54. The summed E-state index contributed by atoms with van der Waals surface area (Å²) < 4.78 is 32.9. The van der Waals surface area contributed by atoms with Crippen LogP contribution in [0, 0.1) is 25.7 Å². The van der Waals surface area contributed by atoms with Gasteiger partial charge in [-0.25, -0.2) is 9.18 Å². The van der Waals surface area contributed by atoms with Crippen LogP contribution in [0.3, 0.4) is 0 Å². The number of benzene rings is 1. The highest BCUT2D eigenvalue weighted by atomic mass is 19.1. The molecule has 5 atom stereocenters. The lowest BCUT2D eigenvalue weighted by molar-refractivity contribution is -0.149. The molecule has 0 N–H and O–H groups in total. The van der Waals surface area contributed by atoms with Gasteiger partial charge in [0, 0.05) is 11.8 Å². The highest BCUT2D eigenvalue weighted by Gasteiger charge is 2.44. The van der Waals surface area contributed by atoms with Crippen molar-refractivity contribution >= 4 is 12.0 Å². The maximum absolute atomic E-state index is 15.1. The number of carbonyl (C=O) groups excluding carboxylic acids is 1. The largest absolute Gasteiger partial charge is 0.458 e. The molecule has 2 unspecified atom stereocenters. The van der Waals surface area contributed by atoms with Crippen molar-refractivity contribution in [1.82, 2.24) is 0 Å². The molecule has 164 valence electrons. The fraction of sp³-hybridized carbons (Fsp3) is 0.560. The summed E-state index contributed by atoms with van der Waals surface area (Å²) in [7, 11) is 0. The normalized spacial score (nSPS) is 34.7. The molecule has 0 saturated carbocycles. The lowest BCUT2D eigenvalue weighted by atomic mass is 9.92. The first kappa shape index (κ1) is 22.7. The van der Waals surface area contributed by atoms with Gasteiger partial charge in [-0.2, -0.15) is 0 Å². The van der Waals surface area contributed by atoms with Crippen molar-refractivity contribution in [2.45, 2.75) is 79.0 Å². The molecule has 1 aromatic rings. The molecule has 1 saturated heterocycles. The molecular weight excluding hydrogens is 383 g/mol. The minimum atomic E-state index is -0.769. The number of hydrogen-bond donors (Lipinski definition) is 0. The fourth-order valence-corrected chi connectivity index (χ4v) is 4.24. The second-order valence-corrected chi connectivity index (χ2v) is 9.13. The number of hydrogen-bond acceptors (Lipinski definition) is 4. The van der Waals surface area contributed by atoms with Gasteiger partial charge in [0.2, 0.25) is 0 Å². The summed E-state index contributed by atoms with van der Waals surface area (Å²) in [6.07, 6.45) is 4.86. The van der Waals surface area contributed by atoms with E-state index in [1.54, 1.807) is 13.0 Å². The molecule has 1 fully saturated rings. The van der Waals surface area contributed by atoms with Crippen molar-refractivity contribution in [3.63, 3.8) is 0 Å². The van der Waals surface area contributed by atoms with Crippen molar-refractivity contribution in [2.75, 3.05) is 0 Å². The van der Waals surface area contributed by atoms with Crippen LogP contribution in [-0.2, 0) is 14.2 Å². The van der Waals surface area contributed by atoms with Gasteiger partial charge in [0.25, 0.3) is 0 Å². The monoisotopic (exact) mass is 416 g/mol. The molecule has 0 aromatic heterocycles. The zero-order valence-corrected chi connectivity index (χ0v) is 19.0. The van der Waals surface area contributed by atoms with Crippen molar-refractivity contribution in [2.24, 2.45) is 11.8 Å². The van der Waals surface area contributed by atoms with E-state index in [1.807, 2.05) is 65.8 Å². The molecule has 30 heavy (non-hydrogen) atoms. The van der Waals surface area contributed by atoms with E-state index in [9.17, 15) is 4.79 Å². The Labute approximate surface area is 179 Å². The smallest absolute Gasteiger partial charge is 0.339 e. The van der Waals surface area contributed by atoms with Crippen molar-refractivity contribution in [3.8, 4) is 0 Å². The summed E-state index contributed by atoms with van der Waals surface area (Å²) in [6, 6.07) is 3.95. The van der Waals surface area contributed by atoms with Crippen LogP contribution in [0.4, 0.5) is 4.39 Å². The quantitative estimate of drug-likeness (QED) is 0.493. The van der Waals surface area contributed by atoms with E-state index in [2.05, 4.69) is 0 Å². The van der Waals surface area contributed by atoms with E-state index in [0.29, 0.717) is 12.0 Å². The molecule has 0 bridgehead atoms. The van der Waals surface area contributed by atoms with E-state index < -0.39 is 23.9 Å². The number of halogens is 1. The molecule has 1 aromatic carbocycles. The third-order valence-corrected chi connectivity index (χ3v) is 5.99. The van der Waals surface area contributed by atoms with Gasteiger partial charge in [-0.15, -0.1) is 0 Å². The van der Waals surface area contributed by atoms with Gasteiger partial charge < -0.3 is 14.2 Å². The third-order valence-electron chi connectivity index (χ3n) is 5.99. The van der Waals surface area contributed by atoms with E-state index in [-0.39, 0.29) is 23.8 Å². The summed E-state index contributed by atoms with van der Waals surface area (Å²) in [4.78, 5) is 13.0. The second kappa shape index (κ2) is 8.64. The molecule has 0 amide bonds. The van der Waals surface area contributed by atoms with Crippen LogP contribution in [0.2, 0.25) is 0 Å². The van der Waals surface area contributed by atoms with Crippen molar-refractivity contribution < 1.29 is 23.4 Å². The predicted octanol–water partition coefficient (Wildman–Crippen LogP) is 5.91. The van der Waals surface area contributed by atoms with Gasteiger partial charge in [-0.1, -0.05) is 43.7 Å². The summed E-state index contributed by atoms with van der Waals surface area (Å²) in [6.45, 7) is 13.1. The Morgan fingerprint density at radius 1 is 1.10 bits per heavy atom. The predicted molar refractivity (Wildman–Crippen MR) is 116 cm³/mol. The van der Waals surface area contributed by atoms with Crippen molar-refractivity contribution in [1.29, 1.82) is 0 Å². The Morgan fingerprint density at radius 3 is 2.50 bits per heavy atom. The summed E-state index contributed by atoms with van der Waals surface area (Å²) in [5, 5.41) is 0. The second-order valence-electron chi connectivity index (χ2n) is 9.13. The van der Waals surface area contributed by atoms with Gasteiger partial charge in [-0.05, 0) is 58.2 Å². The Balaban J connectivity index is 2.06. The molecular formula is C25H33FO4. The van der Waals surface area contributed by atoms with Crippen LogP contribution in [0.25, 0.3) is 6.08 Å². The van der Waals surface area contributed by atoms with Crippen LogP contribution in [0.1, 0.15) is 68.1 Å². The highest BCUT2D eigenvalue weighted by Crippen LogP contribution is 2.37. The first-order valence-electron chi connectivity index (χ1n) is 10.7. The Hall–Kier alpha value is -1.98. The van der Waals surface area contributed by atoms with E-state index in [0.717, 1.165) is 16.7 Å². The Morgan fingerprint density at radius 2 is 1.80 bits per heavy atom. The lowest BCUT2D eigenvalue weighted by Gasteiger charge is -2.24. The number of cyclic esters (lactones) is 1. The molecule has 4 nitrogen and oxygen atoms in total. The maximum atomic E-state index is 15.1. The minimum Gasteiger partial charge on any atom is -0.458 e. The number of aryl methyl sites for hydroxylation is 2. The number of fused-ring (bicyclic) bond motifs is 2. The maximum Gasteiger partial charge on any atom is 0.339 e.